The normalized spacial score (nSPS) is 24.3. The lowest BCUT2D eigenvalue weighted by Gasteiger charge is -2.27. The van der Waals surface area contributed by atoms with E-state index < -0.39 is 19.5 Å². The highest BCUT2D eigenvalue weighted by atomic mass is 31.2. The van der Waals surface area contributed by atoms with Gasteiger partial charge in [0.25, 0.3) is 0 Å². The van der Waals surface area contributed by atoms with Crippen LogP contribution in [-0.2, 0) is 9.30 Å². The summed E-state index contributed by atoms with van der Waals surface area (Å²) in [5, 5.41) is 0. The molecule has 0 saturated heterocycles. The molecule has 1 aromatic heterocycles. The van der Waals surface area contributed by atoms with Crippen molar-refractivity contribution >= 4 is 24.9 Å². The number of nitrogens with two attached hydrogens (primary N) is 2. The summed E-state index contributed by atoms with van der Waals surface area (Å²) < 4.78 is 16.6. The second kappa shape index (κ2) is 6.00. The minimum Gasteiger partial charge on any atom is -0.393 e. The molecule has 1 aliphatic carbocycles. The topological polar surface area (TPSA) is 148 Å². The Morgan fingerprint density at radius 1 is 1.50 bits per heavy atom. The van der Waals surface area contributed by atoms with Crippen LogP contribution in [-0.4, -0.2) is 45.3 Å². The average molecular weight is 331 g/mol. The van der Waals surface area contributed by atoms with E-state index in [-0.39, 0.29) is 17.4 Å². The van der Waals surface area contributed by atoms with Gasteiger partial charge in [0, 0.05) is 13.6 Å². The number of nitrogen functional groups attached to an aromatic ring is 2. The van der Waals surface area contributed by atoms with Crippen LogP contribution in [0.2, 0.25) is 0 Å². The van der Waals surface area contributed by atoms with Gasteiger partial charge in [-0.1, -0.05) is 13.3 Å². The average Bonchev–Trinajstić information content (AvgIpc) is 3.12. The van der Waals surface area contributed by atoms with Gasteiger partial charge in [0.2, 0.25) is 0 Å². The number of hydrogen-bond acceptors (Lipinski definition) is 7. The largest absolute Gasteiger partial charge is 0.393 e. The van der Waals surface area contributed by atoms with Crippen molar-refractivity contribution in [3.8, 4) is 0 Å². The van der Waals surface area contributed by atoms with Crippen LogP contribution in [0.25, 0.3) is 0 Å². The Morgan fingerprint density at radius 2 is 2.18 bits per heavy atom. The van der Waals surface area contributed by atoms with E-state index in [0.29, 0.717) is 12.4 Å². The van der Waals surface area contributed by atoms with Crippen molar-refractivity contribution in [2.75, 3.05) is 36.3 Å². The molecule has 2 atom stereocenters. The number of likely N-dealkylation sites (N-methyl/N-ethyl adjacent to an activating group) is 1. The van der Waals surface area contributed by atoms with E-state index in [1.165, 1.54) is 6.33 Å². The van der Waals surface area contributed by atoms with Crippen molar-refractivity contribution < 1.29 is 19.1 Å². The number of anilines is 3. The predicted octanol–water partition coefficient (Wildman–Crippen LogP) is 0.398. The Bertz CT molecular complexity index is 595. The molecule has 0 aliphatic heterocycles. The molecular formula is C12H22N5O4P. The maximum absolute atomic E-state index is 11.1. The summed E-state index contributed by atoms with van der Waals surface area (Å²) in [5.41, 5.74) is 11.2. The second-order valence-corrected chi connectivity index (χ2v) is 7.25. The molecule has 2 unspecified atom stereocenters. The molecule has 22 heavy (non-hydrogen) atoms. The summed E-state index contributed by atoms with van der Waals surface area (Å²) in [4.78, 5) is 27.7. The Labute approximate surface area is 128 Å². The third-order valence-electron chi connectivity index (χ3n) is 3.95. The molecule has 1 aromatic rings. The Morgan fingerprint density at radius 3 is 2.73 bits per heavy atom. The van der Waals surface area contributed by atoms with Gasteiger partial charge in [0.05, 0.1) is 5.60 Å². The summed E-state index contributed by atoms with van der Waals surface area (Å²) in [7, 11) is -2.42. The first-order chi connectivity index (χ1) is 10.2. The van der Waals surface area contributed by atoms with Gasteiger partial charge in [-0.05, 0) is 12.3 Å². The lowest BCUT2D eigenvalue weighted by molar-refractivity contribution is 0.0464. The molecule has 0 bridgehead atoms. The van der Waals surface area contributed by atoms with Crippen LogP contribution < -0.4 is 16.4 Å². The van der Waals surface area contributed by atoms with Crippen molar-refractivity contribution in [2.45, 2.75) is 25.4 Å². The maximum atomic E-state index is 11.1. The highest BCUT2D eigenvalue weighted by Crippen LogP contribution is 2.52. The molecule has 124 valence electrons. The summed E-state index contributed by atoms with van der Waals surface area (Å²) in [6.07, 6.45) is 2.36. The van der Waals surface area contributed by atoms with Crippen LogP contribution in [0.5, 0.6) is 0 Å². The molecule has 1 fully saturated rings. The summed E-state index contributed by atoms with van der Waals surface area (Å²) in [6.45, 7) is 2.44. The molecule has 1 saturated carbocycles. The zero-order valence-corrected chi connectivity index (χ0v) is 13.5. The van der Waals surface area contributed by atoms with Crippen molar-refractivity contribution in [1.82, 2.24) is 9.97 Å². The first-order valence-electron chi connectivity index (χ1n) is 6.94. The standard InChI is InChI=1S/C12H22N5O4P/c1-3-8-4-12(8,21-7-22(18,19)20)5-17(2)11-9(13)10(14)15-6-16-11/h6,8H,3-5,7,13H2,1-2H3,(H2,14,15,16)(H2,18,19,20). The summed E-state index contributed by atoms with van der Waals surface area (Å²) in [6, 6.07) is 0. The third kappa shape index (κ3) is 3.67. The van der Waals surface area contributed by atoms with Gasteiger partial charge in [0.1, 0.15) is 18.4 Å². The van der Waals surface area contributed by atoms with Gasteiger partial charge in [-0.2, -0.15) is 0 Å². The minimum absolute atomic E-state index is 0.199. The molecule has 9 nitrogen and oxygen atoms in total. The molecule has 0 spiro atoms. The fourth-order valence-electron chi connectivity index (χ4n) is 2.68. The van der Waals surface area contributed by atoms with E-state index in [0.717, 1.165) is 12.8 Å². The van der Waals surface area contributed by atoms with Crippen LogP contribution in [0.1, 0.15) is 19.8 Å². The minimum atomic E-state index is -4.20. The zero-order chi connectivity index (χ0) is 16.5. The molecule has 0 radical (unpaired) electrons. The van der Waals surface area contributed by atoms with Gasteiger partial charge in [-0.15, -0.1) is 0 Å². The molecule has 2 rings (SSSR count). The molecule has 0 aromatic carbocycles. The predicted molar refractivity (Wildman–Crippen MR) is 83.3 cm³/mol. The van der Waals surface area contributed by atoms with Crippen molar-refractivity contribution in [1.29, 1.82) is 0 Å². The number of ether oxygens (including phenoxy) is 1. The second-order valence-electron chi connectivity index (χ2n) is 5.66. The lowest BCUT2D eigenvalue weighted by atomic mass is 10.2. The molecule has 1 heterocycles. The van der Waals surface area contributed by atoms with E-state index in [1.54, 1.807) is 11.9 Å². The van der Waals surface area contributed by atoms with E-state index in [1.807, 2.05) is 6.92 Å². The Kier molecular flexibility index (Phi) is 4.62. The van der Waals surface area contributed by atoms with Gasteiger partial charge >= 0.3 is 7.60 Å². The summed E-state index contributed by atoms with van der Waals surface area (Å²) >= 11 is 0. The van der Waals surface area contributed by atoms with E-state index in [2.05, 4.69) is 9.97 Å². The number of aromatic nitrogens is 2. The van der Waals surface area contributed by atoms with Crippen LogP contribution in [0.3, 0.4) is 0 Å². The number of rotatable bonds is 7. The van der Waals surface area contributed by atoms with Crippen molar-refractivity contribution in [3.05, 3.63) is 6.33 Å². The fourth-order valence-corrected chi connectivity index (χ4v) is 3.11. The van der Waals surface area contributed by atoms with E-state index in [4.69, 9.17) is 26.0 Å². The third-order valence-corrected chi connectivity index (χ3v) is 4.41. The Balaban J connectivity index is 2.11. The van der Waals surface area contributed by atoms with Crippen molar-refractivity contribution in [3.63, 3.8) is 0 Å². The van der Waals surface area contributed by atoms with Crippen LogP contribution in [0.15, 0.2) is 6.33 Å². The van der Waals surface area contributed by atoms with Crippen molar-refractivity contribution in [2.24, 2.45) is 5.92 Å². The molecule has 0 amide bonds. The molecule has 6 N–H and O–H groups in total. The highest BCUT2D eigenvalue weighted by Gasteiger charge is 2.55. The fraction of sp³-hybridized carbons (Fsp3) is 0.667. The summed E-state index contributed by atoms with van der Waals surface area (Å²) in [5.74, 6) is 0.931. The number of hydrogen-bond donors (Lipinski definition) is 4. The lowest BCUT2D eigenvalue weighted by Crippen LogP contribution is -2.35. The SMILES string of the molecule is CCC1CC1(CN(C)c1ncnc(N)c1N)OCP(=O)(O)O. The molecule has 10 heteroatoms. The van der Waals surface area contributed by atoms with Crippen LogP contribution in [0.4, 0.5) is 17.3 Å². The maximum Gasteiger partial charge on any atom is 0.351 e. The first kappa shape index (κ1) is 17.0. The van der Waals surface area contributed by atoms with Gasteiger partial charge < -0.3 is 30.9 Å². The highest BCUT2D eigenvalue weighted by molar-refractivity contribution is 7.51. The monoisotopic (exact) mass is 331 g/mol. The van der Waals surface area contributed by atoms with Gasteiger partial charge in [-0.25, -0.2) is 9.97 Å². The van der Waals surface area contributed by atoms with Gasteiger partial charge in [0.15, 0.2) is 11.6 Å². The first-order valence-corrected chi connectivity index (χ1v) is 8.74. The molecule has 1 aliphatic rings. The van der Waals surface area contributed by atoms with Crippen LogP contribution in [0, 0.1) is 5.92 Å². The smallest absolute Gasteiger partial charge is 0.351 e. The Hall–Kier alpha value is -1.41. The zero-order valence-electron chi connectivity index (χ0n) is 12.6. The molecular weight excluding hydrogens is 309 g/mol. The van der Waals surface area contributed by atoms with E-state index >= 15 is 0 Å². The number of nitrogens with zero attached hydrogens (tertiary/aromatic N) is 3. The quantitative estimate of drug-likeness (QED) is 0.521. The van der Waals surface area contributed by atoms with Crippen LogP contribution >= 0.6 is 7.60 Å². The van der Waals surface area contributed by atoms with E-state index in [9.17, 15) is 4.57 Å². The van der Waals surface area contributed by atoms with Gasteiger partial charge in [-0.3, -0.25) is 4.57 Å².